The van der Waals surface area contributed by atoms with Crippen molar-refractivity contribution in [2.45, 2.75) is 12.7 Å². The van der Waals surface area contributed by atoms with E-state index in [1.807, 2.05) is 24.4 Å². The molecule has 1 N–H and O–H groups in total. The zero-order chi connectivity index (χ0) is 31.4. The van der Waals surface area contributed by atoms with Gasteiger partial charge in [-0.1, -0.05) is 41.7 Å². The molecular formula is C33H31F3N6O2S. The van der Waals surface area contributed by atoms with E-state index >= 15 is 0 Å². The van der Waals surface area contributed by atoms with Gasteiger partial charge >= 0.3 is 6.18 Å². The molecule has 1 saturated heterocycles. The van der Waals surface area contributed by atoms with Crippen molar-refractivity contribution in [1.29, 1.82) is 0 Å². The van der Waals surface area contributed by atoms with E-state index in [-0.39, 0.29) is 17.0 Å². The third-order valence-corrected chi connectivity index (χ3v) is 8.67. The van der Waals surface area contributed by atoms with E-state index in [1.165, 1.54) is 29.5 Å². The van der Waals surface area contributed by atoms with Gasteiger partial charge in [-0.15, -0.1) is 0 Å². The van der Waals surface area contributed by atoms with Crippen molar-refractivity contribution >= 4 is 33.3 Å². The fraction of sp³-hybridized carbons (Fsp3) is 0.273. The molecule has 1 fully saturated rings. The topological polar surface area (TPSA) is 83.5 Å². The maximum Gasteiger partial charge on any atom is 0.416 e. The number of thiazole rings is 1. The molecule has 3 aromatic heterocycles. The van der Waals surface area contributed by atoms with E-state index in [9.17, 15) is 18.0 Å². The van der Waals surface area contributed by atoms with Crippen molar-refractivity contribution in [3.63, 3.8) is 0 Å². The standard InChI is InChI=1S/C33H31F3N6O2S/c1-44-17-16-41-12-14-42(15-13-41)21-22-18-29-32(37-20-22)45-31(40-29)25-8-2-3-9-27(25)39-30(43)28-11-5-10-26(38-28)23-6-4-7-24(19-23)33(34,35)36/h2-11,18-20H,12-17,21H2,1H3,(H,39,43). The minimum atomic E-state index is -4.48. The molecule has 6 rings (SSSR count). The van der Waals surface area contributed by atoms with Gasteiger partial charge in [-0.3, -0.25) is 14.6 Å². The summed E-state index contributed by atoms with van der Waals surface area (Å²) in [5, 5.41) is 3.62. The molecule has 0 unspecified atom stereocenters. The van der Waals surface area contributed by atoms with Gasteiger partial charge in [0.2, 0.25) is 0 Å². The van der Waals surface area contributed by atoms with Gasteiger partial charge in [0.1, 0.15) is 21.0 Å². The summed E-state index contributed by atoms with van der Waals surface area (Å²) in [4.78, 5) is 32.8. The molecule has 1 aliphatic heterocycles. The number of nitrogens with one attached hydrogen (secondary N) is 1. The molecule has 0 aliphatic carbocycles. The largest absolute Gasteiger partial charge is 0.416 e. The lowest BCUT2D eigenvalue weighted by Gasteiger charge is -2.34. The highest BCUT2D eigenvalue weighted by Gasteiger charge is 2.30. The Bertz CT molecular complexity index is 1800. The number of fused-ring (bicyclic) bond motifs is 1. The Morgan fingerprint density at radius 3 is 2.53 bits per heavy atom. The third-order valence-electron chi connectivity index (χ3n) is 7.66. The van der Waals surface area contributed by atoms with Crippen LogP contribution in [0.1, 0.15) is 21.6 Å². The minimum Gasteiger partial charge on any atom is -0.383 e. The molecule has 8 nitrogen and oxygen atoms in total. The lowest BCUT2D eigenvalue weighted by Crippen LogP contribution is -2.46. The second-order valence-electron chi connectivity index (χ2n) is 10.8. The summed E-state index contributed by atoms with van der Waals surface area (Å²) in [6, 6.07) is 19.0. The van der Waals surface area contributed by atoms with Crippen molar-refractivity contribution in [2.75, 3.05) is 51.8 Å². The van der Waals surface area contributed by atoms with Crippen LogP contribution in [0.2, 0.25) is 0 Å². The number of para-hydroxylation sites is 1. The second-order valence-corrected chi connectivity index (χ2v) is 11.8. The first-order valence-electron chi connectivity index (χ1n) is 14.5. The van der Waals surface area contributed by atoms with Crippen LogP contribution in [0.3, 0.4) is 0 Å². The van der Waals surface area contributed by atoms with Crippen LogP contribution in [-0.2, 0) is 17.5 Å². The van der Waals surface area contributed by atoms with Gasteiger partial charge in [0.15, 0.2) is 0 Å². The SMILES string of the molecule is COCCN1CCN(Cc2cnc3sc(-c4ccccc4NC(=O)c4cccc(-c5cccc(C(F)(F)F)c5)n4)nc3c2)CC1. The molecule has 2 aromatic carbocycles. The molecule has 0 atom stereocenters. The lowest BCUT2D eigenvalue weighted by molar-refractivity contribution is -0.137. The van der Waals surface area contributed by atoms with E-state index in [1.54, 1.807) is 25.3 Å². The average Bonchev–Trinajstić information content (AvgIpc) is 3.48. The van der Waals surface area contributed by atoms with Crippen molar-refractivity contribution < 1.29 is 22.7 Å². The predicted molar refractivity (Wildman–Crippen MR) is 169 cm³/mol. The molecule has 0 radical (unpaired) electrons. The number of carbonyl (C=O) groups excluding carboxylic acids is 1. The Balaban J connectivity index is 1.17. The maximum atomic E-state index is 13.3. The number of rotatable bonds is 9. The number of piperazine rings is 1. The van der Waals surface area contributed by atoms with Crippen LogP contribution >= 0.6 is 11.3 Å². The van der Waals surface area contributed by atoms with Gasteiger partial charge in [-0.05, 0) is 48.0 Å². The van der Waals surface area contributed by atoms with Gasteiger partial charge in [-0.25, -0.2) is 15.0 Å². The zero-order valence-corrected chi connectivity index (χ0v) is 25.4. The Hall–Kier alpha value is -4.23. The van der Waals surface area contributed by atoms with Crippen LogP contribution in [-0.4, -0.2) is 77.1 Å². The molecule has 4 heterocycles. The van der Waals surface area contributed by atoms with E-state index in [4.69, 9.17) is 9.72 Å². The van der Waals surface area contributed by atoms with E-state index in [0.29, 0.717) is 10.7 Å². The number of anilines is 1. The van der Waals surface area contributed by atoms with Crippen molar-refractivity contribution in [3.8, 4) is 21.8 Å². The van der Waals surface area contributed by atoms with E-state index in [0.717, 1.165) is 79.5 Å². The number of amides is 1. The highest BCUT2D eigenvalue weighted by atomic mass is 32.1. The fourth-order valence-corrected chi connectivity index (χ4v) is 6.19. The number of aromatic nitrogens is 3. The second kappa shape index (κ2) is 13.4. The molecular weight excluding hydrogens is 601 g/mol. The number of hydrogen-bond donors (Lipinski definition) is 1. The average molecular weight is 633 g/mol. The van der Waals surface area contributed by atoms with Crippen LogP contribution in [0.15, 0.2) is 79.0 Å². The number of hydrogen-bond acceptors (Lipinski definition) is 8. The summed E-state index contributed by atoms with van der Waals surface area (Å²) >= 11 is 1.44. The number of halogens is 3. The van der Waals surface area contributed by atoms with Crippen molar-refractivity contribution in [2.24, 2.45) is 0 Å². The van der Waals surface area contributed by atoms with Gasteiger partial charge in [0.05, 0.1) is 23.6 Å². The highest BCUT2D eigenvalue weighted by molar-refractivity contribution is 7.21. The van der Waals surface area contributed by atoms with Gasteiger partial charge in [-0.2, -0.15) is 13.2 Å². The van der Waals surface area contributed by atoms with Gasteiger partial charge in [0, 0.05) is 63.7 Å². The lowest BCUT2D eigenvalue weighted by atomic mass is 10.1. The monoisotopic (exact) mass is 632 g/mol. The van der Waals surface area contributed by atoms with Crippen LogP contribution < -0.4 is 5.32 Å². The molecule has 5 aromatic rings. The van der Waals surface area contributed by atoms with Crippen molar-refractivity contribution in [1.82, 2.24) is 24.8 Å². The number of ether oxygens (including phenoxy) is 1. The zero-order valence-electron chi connectivity index (χ0n) is 24.6. The number of methoxy groups -OCH3 is 1. The van der Waals surface area contributed by atoms with Crippen LogP contribution in [0, 0.1) is 0 Å². The molecule has 1 amide bonds. The summed E-state index contributed by atoms with van der Waals surface area (Å²) in [5.74, 6) is -0.486. The van der Waals surface area contributed by atoms with Crippen LogP contribution in [0.4, 0.5) is 18.9 Å². The first-order chi connectivity index (χ1) is 21.8. The molecule has 0 spiro atoms. The molecule has 0 saturated carbocycles. The Labute approximate surface area is 262 Å². The highest BCUT2D eigenvalue weighted by Crippen LogP contribution is 2.35. The first-order valence-corrected chi connectivity index (χ1v) is 15.3. The summed E-state index contributed by atoms with van der Waals surface area (Å²) in [7, 11) is 1.73. The summed E-state index contributed by atoms with van der Waals surface area (Å²) in [6.07, 6.45) is -2.58. The first kappa shape index (κ1) is 30.8. The number of benzene rings is 2. The smallest absolute Gasteiger partial charge is 0.383 e. The number of pyridine rings is 2. The summed E-state index contributed by atoms with van der Waals surface area (Å²) < 4.78 is 44.9. The van der Waals surface area contributed by atoms with E-state index < -0.39 is 17.6 Å². The quantitative estimate of drug-likeness (QED) is 0.200. The van der Waals surface area contributed by atoms with Crippen molar-refractivity contribution in [3.05, 3.63) is 95.8 Å². The summed E-state index contributed by atoms with van der Waals surface area (Å²) in [6.45, 7) is 6.47. The maximum absolute atomic E-state index is 13.3. The normalized spacial score (nSPS) is 14.6. The number of carbonyl (C=O) groups is 1. The minimum absolute atomic E-state index is 0.0786. The number of alkyl halides is 3. The fourth-order valence-electron chi connectivity index (χ4n) is 5.26. The Morgan fingerprint density at radius 2 is 1.73 bits per heavy atom. The van der Waals surface area contributed by atoms with E-state index in [2.05, 4.69) is 31.2 Å². The van der Waals surface area contributed by atoms with Crippen LogP contribution in [0.5, 0.6) is 0 Å². The Morgan fingerprint density at radius 1 is 0.956 bits per heavy atom. The summed E-state index contributed by atoms with van der Waals surface area (Å²) in [5.41, 5.74) is 3.00. The molecule has 232 valence electrons. The molecule has 1 aliphatic rings. The Kier molecular flexibility index (Phi) is 9.17. The van der Waals surface area contributed by atoms with Crippen LogP contribution in [0.25, 0.3) is 32.2 Å². The predicted octanol–water partition coefficient (Wildman–Crippen LogP) is 6.46. The number of nitrogens with zero attached hydrogens (tertiary/aromatic N) is 5. The molecule has 12 heteroatoms. The van der Waals surface area contributed by atoms with Gasteiger partial charge in [0.25, 0.3) is 5.91 Å². The third kappa shape index (κ3) is 7.36. The molecule has 45 heavy (non-hydrogen) atoms. The van der Waals surface area contributed by atoms with Gasteiger partial charge < -0.3 is 10.1 Å². The molecule has 0 bridgehead atoms.